The van der Waals surface area contributed by atoms with Gasteiger partial charge in [0.2, 0.25) is 0 Å². The predicted molar refractivity (Wildman–Crippen MR) is 101 cm³/mol. The van der Waals surface area contributed by atoms with E-state index in [1.165, 1.54) is 0 Å². The van der Waals surface area contributed by atoms with Crippen LogP contribution in [-0.4, -0.2) is 40.9 Å². The third kappa shape index (κ3) is 7.20. The van der Waals surface area contributed by atoms with Gasteiger partial charge in [0, 0.05) is 12.3 Å². The van der Waals surface area contributed by atoms with Crippen molar-refractivity contribution in [3.05, 3.63) is 11.6 Å². The van der Waals surface area contributed by atoms with Crippen molar-refractivity contribution in [2.75, 3.05) is 13.2 Å². The molecule has 0 aromatic carbocycles. The Morgan fingerprint density at radius 1 is 1.36 bits per heavy atom. The summed E-state index contributed by atoms with van der Waals surface area (Å²) in [5.74, 6) is 1.38. The number of carbonyl (C=O) groups excluding carboxylic acids is 1. The lowest BCUT2D eigenvalue weighted by molar-refractivity contribution is -0.124. The summed E-state index contributed by atoms with van der Waals surface area (Å²) in [5.41, 5.74) is 0.482. The molecule has 0 radical (unpaired) electrons. The molecule has 146 valence electrons. The second-order valence-corrected chi connectivity index (χ2v) is 8.39. The Morgan fingerprint density at radius 3 is 2.64 bits per heavy atom. The first-order valence-electron chi connectivity index (χ1n) is 9.83. The molecule has 1 rings (SSSR count). The number of hydrogen-bond donors (Lipinski definition) is 2. The Morgan fingerprint density at radius 2 is 2.04 bits per heavy atom. The second-order valence-electron chi connectivity index (χ2n) is 8.39. The zero-order valence-corrected chi connectivity index (χ0v) is 16.8. The molecular formula is C21H38O4. The Bertz CT molecular complexity index is 443. The van der Waals surface area contributed by atoms with Gasteiger partial charge in [-0.1, -0.05) is 33.8 Å². The molecule has 4 nitrogen and oxygen atoms in total. The molecule has 4 atom stereocenters. The molecule has 0 amide bonds. The monoisotopic (exact) mass is 354 g/mol. The summed E-state index contributed by atoms with van der Waals surface area (Å²) in [6.07, 6.45) is 5.80. The third-order valence-corrected chi connectivity index (χ3v) is 5.93. The first kappa shape index (κ1) is 22.3. The van der Waals surface area contributed by atoms with E-state index < -0.39 is 11.7 Å². The highest BCUT2D eigenvalue weighted by Crippen LogP contribution is 2.32. The molecule has 0 aromatic heterocycles. The average molecular weight is 355 g/mol. The van der Waals surface area contributed by atoms with Crippen LogP contribution in [0.2, 0.25) is 0 Å². The molecule has 0 bridgehead atoms. The maximum atomic E-state index is 12.3. The molecule has 2 N–H and O–H groups in total. The number of ether oxygens (including phenoxy) is 1. The fraction of sp³-hybridized carbons (Fsp3) is 0.857. The van der Waals surface area contributed by atoms with Crippen LogP contribution in [0.1, 0.15) is 73.1 Å². The van der Waals surface area contributed by atoms with E-state index in [2.05, 4.69) is 20.8 Å². The summed E-state index contributed by atoms with van der Waals surface area (Å²) in [6, 6.07) is 0. The van der Waals surface area contributed by atoms with Gasteiger partial charge in [0.25, 0.3) is 0 Å². The van der Waals surface area contributed by atoms with Crippen LogP contribution in [0.5, 0.6) is 0 Å². The zero-order valence-electron chi connectivity index (χ0n) is 16.8. The van der Waals surface area contributed by atoms with Gasteiger partial charge < -0.3 is 14.9 Å². The van der Waals surface area contributed by atoms with Crippen molar-refractivity contribution in [1.29, 1.82) is 0 Å². The Kier molecular flexibility index (Phi) is 9.33. The molecular weight excluding hydrogens is 316 g/mol. The van der Waals surface area contributed by atoms with Crippen molar-refractivity contribution in [2.24, 2.45) is 17.8 Å². The minimum Gasteiger partial charge on any atom is -0.392 e. The van der Waals surface area contributed by atoms with Gasteiger partial charge in [-0.05, 0) is 56.4 Å². The fourth-order valence-corrected chi connectivity index (χ4v) is 3.26. The molecule has 2 unspecified atom stereocenters. The van der Waals surface area contributed by atoms with E-state index in [1.807, 2.05) is 13.8 Å². The normalized spacial score (nSPS) is 28.8. The van der Waals surface area contributed by atoms with Gasteiger partial charge in [0.15, 0.2) is 0 Å². The predicted octanol–water partition coefficient (Wildman–Crippen LogP) is 3.89. The first-order valence-corrected chi connectivity index (χ1v) is 9.83. The summed E-state index contributed by atoms with van der Waals surface area (Å²) in [6.45, 7) is 10.9. The van der Waals surface area contributed by atoms with Crippen molar-refractivity contribution in [1.82, 2.24) is 0 Å². The molecule has 4 heteroatoms. The van der Waals surface area contributed by atoms with E-state index in [4.69, 9.17) is 9.84 Å². The minimum absolute atomic E-state index is 0.0138. The number of aliphatic hydroxyl groups excluding tert-OH is 2. The van der Waals surface area contributed by atoms with Gasteiger partial charge in [-0.3, -0.25) is 4.79 Å². The summed E-state index contributed by atoms with van der Waals surface area (Å²) in [4.78, 5) is 12.3. The lowest BCUT2D eigenvalue weighted by Crippen LogP contribution is -2.41. The topological polar surface area (TPSA) is 66.8 Å². The Balaban J connectivity index is 2.47. The molecule has 0 spiro atoms. The van der Waals surface area contributed by atoms with Gasteiger partial charge in [0.05, 0.1) is 24.9 Å². The maximum absolute atomic E-state index is 12.3. The Hall–Kier alpha value is -0.710. The van der Waals surface area contributed by atoms with Crippen LogP contribution in [0, 0.1) is 17.8 Å². The number of hydrogen-bond acceptors (Lipinski definition) is 4. The number of carbonyl (C=O) groups is 1. The average Bonchev–Trinajstić information content (AvgIpc) is 2.69. The SMILES string of the molecule is CC(CCC[C@]1(C)OC/C(=C/CO)CC[C@H]1O)C(=O)CC(C)C(C)C. The van der Waals surface area contributed by atoms with Crippen molar-refractivity contribution in [3.63, 3.8) is 0 Å². The lowest BCUT2D eigenvalue weighted by Gasteiger charge is -2.33. The summed E-state index contributed by atoms with van der Waals surface area (Å²) in [5, 5.41) is 19.5. The molecule has 1 aliphatic rings. The smallest absolute Gasteiger partial charge is 0.135 e. The van der Waals surface area contributed by atoms with Gasteiger partial charge >= 0.3 is 0 Å². The second kappa shape index (κ2) is 10.4. The van der Waals surface area contributed by atoms with Crippen LogP contribution < -0.4 is 0 Å². The van der Waals surface area contributed by atoms with Gasteiger partial charge in [-0.15, -0.1) is 0 Å². The largest absolute Gasteiger partial charge is 0.392 e. The van der Waals surface area contributed by atoms with Crippen LogP contribution in [0.3, 0.4) is 0 Å². The molecule has 25 heavy (non-hydrogen) atoms. The van der Waals surface area contributed by atoms with Crippen LogP contribution >= 0.6 is 0 Å². The third-order valence-electron chi connectivity index (χ3n) is 5.93. The van der Waals surface area contributed by atoms with Crippen LogP contribution in [-0.2, 0) is 9.53 Å². The maximum Gasteiger partial charge on any atom is 0.135 e. The zero-order chi connectivity index (χ0) is 19.0. The summed E-state index contributed by atoms with van der Waals surface area (Å²) < 4.78 is 5.99. The van der Waals surface area contributed by atoms with E-state index in [-0.39, 0.29) is 12.5 Å². The Labute approximate surface area is 153 Å². The highest BCUT2D eigenvalue weighted by molar-refractivity contribution is 5.80. The quantitative estimate of drug-likeness (QED) is 0.616. The van der Waals surface area contributed by atoms with Crippen molar-refractivity contribution < 1.29 is 19.7 Å². The highest BCUT2D eigenvalue weighted by atomic mass is 16.5. The lowest BCUT2D eigenvalue weighted by atomic mass is 9.85. The highest BCUT2D eigenvalue weighted by Gasteiger charge is 2.36. The summed E-state index contributed by atoms with van der Waals surface area (Å²) >= 11 is 0. The number of rotatable bonds is 9. The molecule has 1 saturated heterocycles. The van der Waals surface area contributed by atoms with E-state index in [0.717, 1.165) is 31.3 Å². The molecule has 1 aliphatic heterocycles. The van der Waals surface area contributed by atoms with Crippen LogP contribution in [0.15, 0.2) is 11.6 Å². The molecule has 0 aromatic rings. The van der Waals surface area contributed by atoms with Gasteiger partial charge in [0.1, 0.15) is 5.78 Å². The first-order chi connectivity index (χ1) is 11.7. The fourth-order valence-electron chi connectivity index (χ4n) is 3.26. The molecule has 1 fully saturated rings. The van der Waals surface area contributed by atoms with Crippen molar-refractivity contribution in [3.8, 4) is 0 Å². The van der Waals surface area contributed by atoms with Gasteiger partial charge in [-0.25, -0.2) is 0 Å². The molecule has 1 heterocycles. The number of Topliss-reactive ketones (excluding diaryl/α,β-unsaturated/α-hetero) is 1. The number of aliphatic hydroxyl groups is 2. The van der Waals surface area contributed by atoms with E-state index in [9.17, 15) is 9.90 Å². The minimum atomic E-state index is -0.570. The molecule has 0 aliphatic carbocycles. The summed E-state index contributed by atoms with van der Waals surface area (Å²) in [7, 11) is 0. The van der Waals surface area contributed by atoms with Crippen LogP contribution in [0.4, 0.5) is 0 Å². The van der Waals surface area contributed by atoms with Gasteiger partial charge in [-0.2, -0.15) is 0 Å². The van der Waals surface area contributed by atoms with Crippen LogP contribution in [0.25, 0.3) is 0 Å². The van der Waals surface area contributed by atoms with Crippen molar-refractivity contribution >= 4 is 5.78 Å². The standard InChI is InChI=1S/C21H38O4/c1-15(2)17(4)13-19(23)16(3)7-6-11-21(5)20(24)9-8-18(10-12-22)14-25-21/h10,15-17,20,22,24H,6-9,11-14H2,1-5H3/b18-10+/t16?,17?,20-,21+/m1/s1. The van der Waals surface area contributed by atoms with Crippen molar-refractivity contribution in [2.45, 2.75) is 84.8 Å². The van der Waals surface area contributed by atoms with E-state index in [1.54, 1.807) is 6.08 Å². The van der Waals surface area contributed by atoms with E-state index in [0.29, 0.717) is 37.1 Å². The van der Waals surface area contributed by atoms with E-state index >= 15 is 0 Å². The number of ketones is 1. The molecule has 0 saturated carbocycles.